The number of unbranched alkanes of at least 4 members (excludes halogenated alkanes) is 1. The highest BCUT2D eigenvalue weighted by atomic mass is 15.2. The van der Waals surface area contributed by atoms with Gasteiger partial charge in [-0.25, -0.2) is 9.97 Å². The van der Waals surface area contributed by atoms with Crippen LogP contribution in [-0.4, -0.2) is 31.4 Å². The van der Waals surface area contributed by atoms with Crippen LogP contribution in [0.25, 0.3) is 0 Å². The molecule has 0 saturated heterocycles. The van der Waals surface area contributed by atoms with Gasteiger partial charge in [-0.3, -0.25) is 4.90 Å². The largest absolute Gasteiger partial charge is 0.348 e. The smallest absolute Gasteiger partial charge is 0.106 e. The van der Waals surface area contributed by atoms with Crippen molar-refractivity contribution in [2.75, 3.05) is 6.54 Å². The first-order valence-electron chi connectivity index (χ1n) is 8.64. The Kier molecular flexibility index (Phi) is 3.74. The molecule has 2 aromatic heterocycles. The van der Waals surface area contributed by atoms with Gasteiger partial charge in [-0.05, 0) is 25.2 Å². The minimum Gasteiger partial charge on any atom is -0.348 e. The average Bonchev–Trinajstić information content (AvgIpc) is 3.08. The third kappa shape index (κ3) is 2.70. The summed E-state index contributed by atoms with van der Waals surface area (Å²) in [5, 5.41) is 0. The second kappa shape index (κ2) is 5.88. The molecule has 1 aliphatic carbocycles. The molecule has 4 rings (SSSR count). The zero-order valence-electron chi connectivity index (χ0n) is 13.3. The van der Waals surface area contributed by atoms with E-state index in [1.807, 2.05) is 12.5 Å². The van der Waals surface area contributed by atoms with Crippen LogP contribution in [0.5, 0.6) is 0 Å². The molecule has 2 aliphatic rings. The molecular formula is C17H25N5. The van der Waals surface area contributed by atoms with E-state index < -0.39 is 0 Å². The van der Waals surface area contributed by atoms with Crippen molar-refractivity contribution in [3.63, 3.8) is 0 Å². The second-order valence-electron chi connectivity index (χ2n) is 6.73. The Balaban J connectivity index is 1.49. The highest BCUT2D eigenvalue weighted by Gasteiger charge is 2.40. The van der Waals surface area contributed by atoms with E-state index in [-0.39, 0.29) is 0 Å². The molecular weight excluding hydrogens is 274 g/mol. The third-order valence-corrected chi connectivity index (χ3v) is 4.96. The monoisotopic (exact) mass is 299 g/mol. The lowest BCUT2D eigenvalue weighted by molar-refractivity contribution is 0.151. The van der Waals surface area contributed by atoms with Crippen LogP contribution in [0.15, 0.2) is 12.5 Å². The van der Waals surface area contributed by atoms with Gasteiger partial charge in [-0.1, -0.05) is 13.3 Å². The molecule has 1 unspecified atom stereocenters. The van der Waals surface area contributed by atoms with Crippen LogP contribution in [0.4, 0.5) is 0 Å². The summed E-state index contributed by atoms with van der Waals surface area (Å²) >= 11 is 0. The van der Waals surface area contributed by atoms with Crippen molar-refractivity contribution in [3.8, 4) is 0 Å². The predicted molar refractivity (Wildman–Crippen MR) is 85.4 cm³/mol. The summed E-state index contributed by atoms with van der Waals surface area (Å²) in [7, 11) is 0. The zero-order valence-corrected chi connectivity index (χ0v) is 13.3. The molecule has 2 N–H and O–H groups in total. The number of hydrogen-bond donors (Lipinski definition) is 2. The maximum absolute atomic E-state index is 4.61. The third-order valence-electron chi connectivity index (χ3n) is 4.96. The van der Waals surface area contributed by atoms with E-state index in [2.05, 4.69) is 31.8 Å². The predicted octanol–water partition coefficient (Wildman–Crippen LogP) is 2.98. The highest BCUT2D eigenvalue weighted by molar-refractivity contribution is 5.22. The molecule has 0 aromatic carbocycles. The van der Waals surface area contributed by atoms with E-state index in [0.717, 1.165) is 37.7 Å². The van der Waals surface area contributed by atoms with Crippen LogP contribution >= 0.6 is 0 Å². The topological polar surface area (TPSA) is 60.6 Å². The molecule has 0 radical (unpaired) electrons. The quantitative estimate of drug-likeness (QED) is 0.862. The van der Waals surface area contributed by atoms with Crippen LogP contribution < -0.4 is 0 Å². The number of fused-ring (bicyclic) bond motifs is 1. The van der Waals surface area contributed by atoms with Crippen molar-refractivity contribution in [3.05, 3.63) is 35.4 Å². The van der Waals surface area contributed by atoms with E-state index in [0.29, 0.717) is 6.04 Å². The number of nitrogens with one attached hydrogen (secondary N) is 2. The molecule has 0 amide bonds. The van der Waals surface area contributed by atoms with E-state index >= 15 is 0 Å². The molecule has 118 valence electrons. The summed E-state index contributed by atoms with van der Waals surface area (Å²) in [5.41, 5.74) is 3.89. The van der Waals surface area contributed by atoms with Gasteiger partial charge in [0.2, 0.25) is 0 Å². The normalized spacial score (nSPS) is 22.0. The number of rotatable bonds is 6. The van der Waals surface area contributed by atoms with Gasteiger partial charge in [-0.15, -0.1) is 0 Å². The molecule has 5 heteroatoms. The first-order chi connectivity index (χ1) is 10.8. The molecule has 22 heavy (non-hydrogen) atoms. The van der Waals surface area contributed by atoms with E-state index in [9.17, 15) is 0 Å². The van der Waals surface area contributed by atoms with Crippen molar-refractivity contribution < 1.29 is 0 Å². The SMILES string of the molecule is CCCCc1ncc(CN2CCc3[nH]cnc3C2C2CC2)[nH]1. The van der Waals surface area contributed by atoms with E-state index in [4.69, 9.17) is 0 Å². The van der Waals surface area contributed by atoms with Crippen molar-refractivity contribution >= 4 is 0 Å². The van der Waals surface area contributed by atoms with Gasteiger partial charge in [0.15, 0.2) is 0 Å². The lowest BCUT2D eigenvalue weighted by atomic mass is 9.98. The summed E-state index contributed by atoms with van der Waals surface area (Å²) in [6, 6.07) is 0.498. The molecule has 1 fully saturated rings. The van der Waals surface area contributed by atoms with Crippen molar-refractivity contribution in [1.29, 1.82) is 0 Å². The number of hydrogen-bond acceptors (Lipinski definition) is 3. The van der Waals surface area contributed by atoms with Gasteiger partial charge >= 0.3 is 0 Å². The molecule has 1 saturated carbocycles. The fourth-order valence-corrected chi connectivity index (χ4v) is 3.64. The summed E-state index contributed by atoms with van der Waals surface area (Å²) in [4.78, 5) is 18.6. The Labute approximate surface area is 131 Å². The molecule has 1 atom stereocenters. The van der Waals surface area contributed by atoms with Crippen LogP contribution in [0.3, 0.4) is 0 Å². The molecule has 5 nitrogen and oxygen atoms in total. The maximum atomic E-state index is 4.61. The van der Waals surface area contributed by atoms with Gasteiger partial charge in [0.05, 0.1) is 18.1 Å². The molecule has 1 aliphatic heterocycles. The molecule has 0 bridgehead atoms. The summed E-state index contributed by atoms with van der Waals surface area (Å²) in [6.45, 7) is 4.30. The first kappa shape index (κ1) is 14.0. The van der Waals surface area contributed by atoms with Crippen molar-refractivity contribution in [2.45, 2.75) is 58.0 Å². The van der Waals surface area contributed by atoms with Crippen LogP contribution in [0, 0.1) is 5.92 Å². The van der Waals surface area contributed by atoms with Crippen molar-refractivity contribution in [2.24, 2.45) is 5.92 Å². The fraction of sp³-hybridized carbons (Fsp3) is 0.647. The number of H-pyrrole nitrogens is 2. The zero-order chi connectivity index (χ0) is 14.9. The minimum absolute atomic E-state index is 0.498. The second-order valence-corrected chi connectivity index (χ2v) is 6.73. The van der Waals surface area contributed by atoms with Crippen LogP contribution in [-0.2, 0) is 19.4 Å². The van der Waals surface area contributed by atoms with Gasteiger partial charge in [-0.2, -0.15) is 0 Å². The average molecular weight is 299 g/mol. The van der Waals surface area contributed by atoms with Gasteiger partial charge in [0.1, 0.15) is 5.82 Å². The number of aromatic amines is 2. The first-order valence-corrected chi connectivity index (χ1v) is 8.64. The number of imidazole rings is 2. The standard InChI is InChI=1S/C17H25N5/c1-2-3-4-15-18-9-13(21-15)10-22-8-7-14-16(20-11-19-14)17(22)12-5-6-12/h9,11-12,17H,2-8,10H2,1H3,(H,18,21)(H,19,20). The Morgan fingerprint density at radius 2 is 2.23 bits per heavy atom. The molecule has 3 heterocycles. The van der Waals surface area contributed by atoms with E-state index in [1.165, 1.54) is 42.8 Å². The van der Waals surface area contributed by atoms with Gasteiger partial charge in [0.25, 0.3) is 0 Å². The number of aromatic nitrogens is 4. The number of aryl methyl sites for hydroxylation is 1. The Bertz CT molecular complexity index is 625. The Hall–Kier alpha value is -1.62. The maximum Gasteiger partial charge on any atom is 0.106 e. The highest BCUT2D eigenvalue weighted by Crippen LogP contribution is 2.46. The fourth-order valence-electron chi connectivity index (χ4n) is 3.64. The van der Waals surface area contributed by atoms with Gasteiger partial charge in [0, 0.05) is 43.5 Å². The van der Waals surface area contributed by atoms with Gasteiger partial charge < -0.3 is 9.97 Å². The Morgan fingerprint density at radius 3 is 3.05 bits per heavy atom. The number of nitrogens with zero attached hydrogens (tertiary/aromatic N) is 3. The molecule has 0 spiro atoms. The summed E-state index contributed by atoms with van der Waals surface area (Å²) < 4.78 is 0. The van der Waals surface area contributed by atoms with Crippen molar-refractivity contribution in [1.82, 2.24) is 24.8 Å². The minimum atomic E-state index is 0.498. The van der Waals surface area contributed by atoms with Crippen LogP contribution in [0.2, 0.25) is 0 Å². The van der Waals surface area contributed by atoms with Crippen LogP contribution in [0.1, 0.15) is 61.6 Å². The lowest BCUT2D eigenvalue weighted by Crippen LogP contribution is -2.36. The lowest BCUT2D eigenvalue weighted by Gasteiger charge is -2.34. The summed E-state index contributed by atoms with van der Waals surface area (Å²) in [5.74, 6) is 1.93. The Morgan fingerprint density at radius 1 is 1.32 bits per heavy atom. The molecule has 2 aromatic rings. The van der Waals surface area contributed by atoms with E-state index in [1.54, 1.807) is 0 Å². The summed E-state index contributed by atoms with van der Waals surface area (Å²) in [6.07, 6.45) is 11.1.